The second kappa shape index (κ2) is 8.52. The van der Waals surface area contributed by atoms with Crippen LogP contribution in [-0.4, -0.2) is 0 Å². The largest absolute Gasteiger partial charge is 0.0798 e. The average Bonchev–Trinajstić information content (AvgIpc) is 2.33. The molecule has 0 bridgehead atoms. The first kappa shape index (κ1) is 14.5. The summed E-state index contributed by atoms with van der Waals surface area (Å²) >= 11 is 5.40. The Hall–Kier alpha value is -0.560. The van der Waals surface area contributed by atoms with E-state index >= 15 is 0 Å². The summed E-state index contributed by atoms with van der Waals surface area (Å²) in [6.07, 6.45) is 10.2. The number of benzene rings is 1. The van der Waals surface area contributed by atoms with E-state index in [1.165, 1.54) is 56.1 Å². The molecule has 0 aliphatic rings. The first-order valence-corrected chi connectivity index (χ1v) is 7.47. The van der Waals surface area contributed by atoms with Crippen molar-refractivity contribution in [2.45, 2.75) is 70.1 Å². The summed E-state index contributed by atoms with van der Waals surface area (Å²) in [6.45, 7) is 4.50. The van der Waals surface area contributed by atoms with Crippen molar-refractivity contribution in [3.8, 4) is 0 Å². The monoisotopic (exact) mass is 249 g/mol. The molecular weight excluding hydrogens is 224 g/mol. The van der Waals surface area contributed by atoms with Crippen molar-refractivity contribution >= 4 is 12.6 Å². The molecule has 0 aromatic heterocycles. The first-order chi connectivity index (χ1) is 8.27. The van der Waals surface area contributed by atoms with Crippen LogP contribution in [0.4, 0.5) is 0 Å². The van der Waals surface area contributed by atoms with Gasteiger partial charge in [-0.3, -0.25) is 0 Å². The van der Waals surface area contributed by atoms with Crippen molar-refractivity contribution in [2.75, 3.05) is 0 Å². The Bertz CT molecular complexity index is 317. The van der Waals surface area contributed by atoms with Crippen molar-refractivity contribution in [1.82, 2.24) is 0 Å². The van der Waals surface area contributed by atoms with Gasteiger partial charge in [-0.15, -0.1) is 0 Å². The fraction of sp³-hybridized carbons (Fsp3) is 0.625. The van der Waals surface area contributed by atoms with Crippen LogP contribution in [0.25, 0.3) is 0 Å². The van der Waals surface area contributed by atoms with Crippen LogP contribution in [0.3, 0.4) is 0 Å². The fourth-order valence-electron chi connectivity index (χ4n) is 2.13. The fourth-order valence-corrected chi connectivity index (χ4v) is 2.36. The van der Waals surface area contributed by atoms with E-state index in [1.54, 1.807) is 0 Å². The van der Waals surface area contributed by atoms with E-state index in [0.717, 1.165) is 11.3 Å². The molecule has 0 aliphatic carbocycles. The number of unbranched alkanes of at least 4 members (excludes halogenated alkanes) is 4. The van der Waals surface area contributed by atoms with Crippen LogP contribution in [0, 0.1) is 0 Å². The Morgan fingerprint density at radius 3 is 2.18 bits per heavy atom. The molecule has 95 valence electrons. The van der Waals surface area contributed by atoms with Gasteiger partial charge in [0.05, 0.1) is 0 Å². The molecule has 0 amide bonds. The zero-order chi connectivity index (χ0) is 12.5. The van der Waals surface area contributed by atoms with Crippen molar-refractivity contribution in [3.63, 3.8) is 0 Å². The molecule has 0 saturated carbocycles. The normalized spacial score (nSPS) is 10.7. The highest BCUT2D eigenvalue weighted by molar-refractivity contribution is 7.80. The topological polar surface area (TPSA) is 0 Å². The molecule has 0 unspecified atom stereocenters. The smallest absolute Gasteiger partial charge is 0.0409 e. The molecule has 1 rings (SSSR count). The van der Waals surface area contributed by atoms with Gasteiger partial charge in [0.15, 0.2) is 0 Å². The molecule has 0 saturated heterocycles. The lowest BCUT2D eigenvalue weighted by Gasteiger charge is -2.07. The second-order valence-corrected chi connectivity index (χ2v) is 5.30. The molecule has 1 radical (unpaired) electrons. The molecule has 0 heterocycles. The van der Waals surface area contributed by atoms with E-state index in [-0.39, 0.29) is 0 Å². The van der Waals surface area contributed by atoms with Crippen molar-refractivity contribution in [1.29, 1.82) is 0 Å². The van der Waals surface area contributed by atoms with Gasteiger partial charge in [-0.05, 0) is 42.9 Å². The van der Waals surface area contributed by atoms with Gasteiger partial charge < -0.3 is 0 Å². The van der Waals surface area contributed by atoms with E-state index in [0.29, 0.717) is 0 Å². The van der Waals surface area contributed by atoms with Crippen LogP contribution in [0.5, 0.6) is 0 Å². The number of aryl methyl sites for hydroxylation is 2. The molecule has 0 N–H and O–H groups in total. The molecule has 0 spiro atoms. The van der Waals surface area contributed by atoms with Gasteiger partial charge in [0, 0.05) is 4.90 Å². The van der Waals surface area contributed by atoms with Crippen LogP contribution >= 0.6 is 12.6 Å². The Labute approximate surface area is 112 Å². The molecule has 0 fully saturated rings. The molecule has 0 aliphatic heterocycles. The number of hydrogen-bond acceptors (Lipinski definition) is 0. The summed E-state index contributed by atoms with van der Waals surface area (Å²) in [5.74, 6) is 0. The Morgan fingerprint density at radius 1 is 0.882 bits per heavy atom. The molecule has 0 atom stereocenters. The van der Waals surface area contributed by atoms with E-state index in [4.69, 9.17) is 12.6 Å². The maximum absolute atomic E-state index is 5.40. The maximum atomic E-state index is 5.40. The Balaban J connectivity index is 2.53. The van der Waals surface area contributed by atoms with Gasteiger partial charge in [0.2, 0.25) is 0 Å². The van der Waals surface area contributed by atoms with Crippen LogP contribution in [-0.2, 0) is 12.8 Å². The van der Waals surface area contributed by atoms with Crippen LogP contribution < -0.4 is 0 Å². The SMILES string of the molecule is CCCCCc1ccc([S])c(CCCCC)c1. The summed E-state index contributed by atoms with van der Waals surface area (Å²) in [5, 5.41) is 0. The summed E-state index contributed by atoms with van der Waals surface area (Å²) < 4.78 is 0. The molecule has 17 heavy (non-hydrogen) atoms. The van der Waals surface area contributed by atoms with Gasteiger partial charge >= 0.3 is 0 Å². The van der Waals surface area contributed by atoms with Crippen molar-refractivity contribution < 1.29 is 0 Å². The molecular formula is C16H25S. The van der Waals surface area contributed by atoms with E-state index < -0.39 is 0 Å². The molecule has 1 heteroatoms. The maximum Gasteiger partial charge on any atom is 0.0409 e. The zero-order valence-electron chi connectivity index (χ0n) is 11.3. The lowest BCUT2D eigenvalue weighted by Crippen LogP contribution is -1.92. The standard InChI is InChI=1S/C16H25S/c1-3-5-7-9-14-11-12-16(17)15(13-14)10-8-6-4-2/h11-13H,3-10H2,1-2H3. The number of rotatable bonds is 8. The third-order valence-corrected chi connectivity index (χ3v) is 3.64. The van der Waals surface area contributed by atoms with Gasteiger partial charge in [0.1, 0.15) is 0 Å². The third kappa shape index (κ3) is 5.54. The third-order valence-electron chi connectivity index (χ3n) is 3.24. The van der Waals surface area contributed by atoms with Crippen molar-refractivity contribution in [2.24, 2.45) is 0 Å². The van der Waals surface area contributed by atoms with E-state index in [2.05, 4.69) is 32.0 Å². The zero-order valence-corrected chi connectivity index (χ0v) is 12.1. The van der Waals surface area contributed by atoms with Crippen molar-refractivity contribution in [3.05, 3.63) is 29.3 Å². The minimum absolute atomic E-state index is 1.06. The predicted octanol–water partition coefficient (Wildman–Crippen LogP) is 5.71. The molecule has 0 nitrogen and oxygen atoms in total. The van der Waals surface area contributed by atoms with Gasteiger partial charge in [-0.1, -0.05) is 64.3 Å². The lowest BCUT2D eigenvalue weighted by atomic mass is 10.0. The highest BCUT2D eigenvalue weighted by Crippen LogP contribution is 2.19. The highest BCUT2D eigenvalue weighted by Gasteiger charge is 2.02. The quantitative estimate of drug-likeness (QED) is 0.518. The molecule has 1 aromatic carbocycles. The van der Waals surface area contributed by atoms with Gasteiger partial charge in [-0.25, -0.2) is 0 Å². The second-order valence-electron chi connectivity index (χ2n) is 4.86. The number of hydrogen-bond donors (Lipinski definition) is 0. The van der Waals surface area contributed by atoms with E-state index in [9.17, 15) is 0 Å². The summed E-state index contributed by atoms with van der Waals surface area (Å²) in [5.41, 5.74) is 2.86. The first-order valence-electron chi connectivity index (χ1n) is 7.06. The summed E-state index contributed by atoms with van der Waals surface area (Å²) in [6, 6.07) is 6.67. The van der Waals surface area contributed by atoms with Crippen LogP contribution in [0.2, 0.25) is 0 Å². The highest BCUT2D eigenvalue weighted by atomic mass is 32.1. The van der Waals surface area contributed by atoms with Crippen LogP contribution in [0.1, 0.15) is 63.5 Å². The average molecular weight is 249 g/mol. The minimum Gasteiger partial charge on any atom is -0.0798 e. The summed E-state index contributed by atoms with van der Waals surface area (Å²) in [7, 11) is 0. The van der Waals surface area contributed by atoms with Gasteiger partial charge in [0.25, 0.3) is 0 Å². The minimum atomic E-state index is 1.06. The lowest BCUT2D eigenvalue weighted by molar-refractivity contribution is 0.704. The Morgan fingerprint density at radius 2 is 1.53 bits per heavy atom. The van der Waals surface area contributed by atoms with Gasteiger partial charge in [-0.2, -0.15) is 0 Å². The van der Waals surface area contributed by atoms with Crippen LogP contribution in [0.15, 0.2) is 23.1 Å². The predicted molar refractivity (Wildman–Crippen MR) is 78.8 cm³/mol. The molecule has 1 aromatic rings. The van der Waals surface area contributed by atoms with E-state index in [1.807, 2.05) is 0 Å². The summed E-state index contributed by atoms with van der Waals surface area (Å²) in [4.78, 5) is 1.06. The Kier molecular flexibility index (Phi) is 7.27.